The van der Waals surface area contributed by atoms with Crippen LogP contribution in [0.5, 0.6) is 0 Å². The highest BCUT2D eigenvalue weighted by Crippen LogP contribution is 2.44. The molecule has 2 unspecified atom stereocenters. The van der Waals surface area contributed by atoms with Gasteiger partial charge in [0.25, 0.3) is 0 Å². The number of ether oxygens (including phenoxy) is 3. The van der Waals surface area contributed by atoms with Gasteiger partial charge in [-0.3, -0.25) is 23.2 Å². The Balaban J connectivity index is 2.63. The van der Waals surface area contributed by atoms with Crippen molar-refractivity contribution < 1.29 is 81.6 Å². The molecule has 1 heterocycles. The number of allylic oxidation sites excluding steroid dienone is 12. The van der Waals surface area contributed by atoms with Gasteiger partial charge in [-0.1, -0.05) is 131 Å². The third-order valence-electron chi connectivity index (χ3n) is 10.1. The molecule has 1 rings (SSSR count). The van der Waals surface area contributed by atoms with Gasteiger partial charge in [-0.2, -0.15) is 0 Å². The number of carbonyl (C=O) groups excluding carboxylic acids is 2. The monoisotopic (exact) mass is 990 g/mol. The zero-order valence-electron chi connectivity index (χ0n) is 39.5. The summed E-state index contributed by atoms with van der Waals surface area (Å²) >= 11 is 0. The fourth-order valence-corrected chi connectivity index (χ4v) is 7.52. The van der Waals surface area contributed by atoms with Crippen molar-refractivity contribution in [2.75, 3.05) is 26.4 Å². The van der Waals surface area contributed by atoms with Crippen LogP contribution in [0.3, 0.4) is 0 Å². The minimum Gasteiger partial charge on any atom is -0.462 e. The molecule has 1 aliphatic heterocycles. The van der Waals surface area contributed by atoms with Gasteiger partial charge in [0.15, 0.2) is 12.4 Å². The molecule has 0 amide bonds. The van der Waals surface area contributed by atoms with Gasteiger partial charge in [0, 0.05) is 25.2 Å². The molecule has 0 aliphatic carbocycles. The quantitative estimate of drug-likeness (QED) is 0.0132. The molecule has 384 valence electrons. The van der Waals surface area contributed by atoms with Gasteiger partial charge in [-0.15, -0.1) is 0 Å². The fourth-order valence-electron chi connectivity index (χ4n) is 6.37. The average Bonchev–Trinajstić information content (AvgIpc) is 3.27. The number of aliphatic hydroxyl groups excluding tert-OH is 4. The number of aliphatic hydroxyl groups is 4. The summed E-state index contributed by atoms with van der Waals surface area (Å²) in [7, 11) is -9.82. The van der Waals surface area contributed by atoms with Gasteiger partial charge in [0.05, 0.1) is 38.1 Å². The highest BCUT2D eigenvalue weighted by Gasteiger charge is 2.35. The number of esters is 2. The minimum atomic E-state index is -4.91. The number of carbonyl (C=O) groups is 2. The molecule has 0 bridgehead atoms. The van der Waals surface area contributed by atoms with Crippen LogP contribution >= 0.6 is 15.6 Å². The van der Waals surface area contributed by atoms with Crippen LogP contribution < -0.4 is 0 Å². The van der Waals surface area contributed by atoms with Crippen molar-refractivity contribution in [3.05, 3.63) is 85.1 Å². The van der Waals surface area contributed by atoms with Gasteiger partial charge < -0.3 is 49.3 Å². The second-order valence-corrected chi connectivity index (χ2v) is 18.9. The lowest BCUT2D eigenvalue weighted by atomic mass is 9.87. The molecular weight excluding hydrogens is 910 g/mol. The van der Waals surface area contributed by atoms with Crippen LogP contribution in [0.25, 0.3) is 0 Å². The van der Waals surface area contributed by atoms with Gasteiger partial charge >= 0.3 is 27.6 Å². The Hall–Kier alpha value is -2.86. The summed E-state index contributed by atoms with van der Waals surface area (Å²) in [4.78, 5) is 53.0. The number of hydrogen-bond donors (Lipinski definition) is 7. The molecule has 0 aromatic carbocycles. The molecule has 0 aromatic rings. The van der Waals surface area contributed by atoms with Crippen molar-refractivity contribution >= 4 is 27.6 Å². The Kier molecular flexibility index (Phi) is 36.1. The van der Waals surface area contributed by atoms with Crippen molar-refractivity contribution in [3.8, 4) is 0 Å². The number of rotatable bonds is 39. The first kappa shape index (κ1) is 62.2. The summed E-state index contributed by atoms with van der Waals surface area (Å²) in [6, 6.07) is 0. The molecule has 19 heteroatoms. The van der Waals surface area contributed by atoms with E-state index in [1.54, 1.807) is 12.2 Å². The molecule has 1 saturated heterocycles. The minimum absolute atomic E-state index is 0.0189. The molecule has 67 heavy (non-hydrogen) atoms. The summed E-state index contributed by atoms with van der Waals surface area (Å²) in [5.74, 6) is -1.69. The van der Waals surface area contributed by atoms with Gasteiger partial charge in [0.1, 0.15) is 12.7 Å². The van der Waals surface area contributed by atoms with E-state index in [0.717, 1.165) is 44.9 Å². The molecular formula is C48H80O17P2. The van der Waals surface area contributed by atoms with Crippen LogP contribution in [-0.2, 0) is 46.5 Å². The first-order valence-corrected chi connectivity index (χ1v) is 26.7. The molecule has 17 nitrogen and oxygen atoms in total. The SMILES string of the molecule is CCCCC/C=C\C/C=C\C/C=C\C/C=C\C/C=C\CCC(=O)O[C@H](COC(=O)CCC/C=C\C[C@H]1[C@@H](O)CC(O)O[C@@H]1/C=C/[C@@H](O)CCCCC)COP(=O)(O)OC[C@@H](O)COP(=O)(O)O. The summed E-state index contributed by atoms with van der Waals surface area (Å²) in [6.45, 7) is 1.22. The second kappa shape index (κ2) is 38.9. The third kappa shape index (κ3) is 36.7. The van der Waals surface area contributed by atoms with E-state index in [2.05, 4.69) is 59.4 Å². The third-order valence-corrected chi connectivity index (χ3v) is 11.5. The maximum atomic E-state index is 12.7. The zero-order valence-corrected chi connectivity index (χ0v) is 41.3. The van der Waals surface area contributed by atoms with Crippen LogP contribution in [0, 0.1) is 5.92 Å². The van der Waals surface area contributed by atoms with Crippen molar-refractivity contribution in [2.45, 2.75) is 173 Å². The molecule has 0 radical (unpaired) electrons. The molecule has 0 spiro atoms. The van der Waals surface area contributed by atoms with Crippen molar-refractivity contribution in [3.63, 3.8) is 0 Å². The van der Waals surface area contributed by atoms with Crippen LogP contribution in [0.15, 0.2) is 85.1 Å². The molecule has 0 saturated carbocycles. The topological polar surface area (TPSA) is 265 Å². The lowest BCUT2D eigenvalue weighted by molar-refractivity contribution is -0.199. The van der Waals surface area contributed by atoms with Gasteiger partial charge in [0.2, 0.25) is 0 Å². The maximum Gasteiger partial charge on any atom is 0.472 e. The van der Waals surface area contributed by atoms with Crippen molar-refractivity contribution in [1.29, 1.82) is 0 Å². The normalized spacial score (nSPS) is 20.9. The van der Waals surface area contributed by atoms with Crippen molar-refractivity contribution in [2.24, 2.45) is 5.92 Å². The number of phosphoric ester groups is 2. The number of unbranched alkanes of at least 4 members (excludes halogenated alkanes) is 6. The van der Waals surface area contributed by atoms with E-state index in [0.29, 0.717) is 38.5 Å². The Morgan fingerprint density at radius 2 is 1.21 bits per heavy atom. The summed E-state index contributed by atoms with van der Waals surface area (Å²) in [6.07, 6.45) is 34.9. The Bertz CT molecular complexity index is 1620. The smallest absolute Gasteiger partial charge is 0.462 e. The second-order valence-electron chi connectivity index (χ2n) is 16.2. The Labute approximate surface area is 398 Å². The van der Waals surface area contributed by atoms with E-state index in [-0.39, 0.29) is 25.2 Å². The summed E-state index contributed by atoms with van der Waals surface area (Å²) < 4.78 is 53.4. The zero-order chi connectivity index (χ0) is 49.6. The fraction of sp³-hybridized carbons (Fsp3) is 0.667. The Morgan fingerprint density at radius 1 is 0.657 bits per heavy atom. The lowest BCUT2D eigenvalue weighted by Gasteiger charge is -2.36. The van der Waals surface area contributed by atoms with E-state index >= 15 is 0 Å². The molecule has 7 N–H and O–H groups in total. The number of hydrogen-bond acceptors (Lipinski definition) is 14. The van der Waals surface area contributed by atoms with Crippen LogP contribution in [-0.4, -0.2) is 110 Å². The van der Waals surface area contributed by atoms with Gasteiger partial charge in [-0.25, -0.2) is 9.13 Å². The molecule has 8 atom stereocenters. The van der Waals surface area contributed by atoms with E-state index in [1.807, 2.05) is 36.5 Å². The van der Waals surface area contributed by atoms with Crippen LogP contribution in [0.2, 0.25) is 0 Å². The predicted octanol–water partition coefficient (Wildman–Crippen LogP) is 8.45. The predicted molar refractivity (Wildman–Crippen MR) is 256 cm³/mol. The highest BCUT2D eigenvalue weighted by atomic mass is 31.2. The highest BCUT2D eigenvalue weighted by molar-refractivity contribution is 7.47. The maximum absolute atomic E-state index is 12.7. The standard InChI is InChI=1S/C48H80O17P2/c1-3-5-7-8-9-10-11-12-13-14-15-16-17-18-19-20-21-22-28-32-47(53)64-42(39-63-67(58,59)62-37-41(50)36-61-66(55,56)57)38-60-46(52)31-27-24-23-26-30-43-44(51)35-48(54)65-45(43)34-33-40(49)29-25-6-4-2/h9-10,12-13,15-16,18-19,21-23,26,33-34,40-45,48-51,54H,3-8,11,14,17,20,24-25,27-32,35-39H2,1-2H3,(H,58,59)(H2,55,56,57)/b10-9-,13-12-,16-15-,19-18-,22-21-,26-23-,34-33+/t40-,41-,42+,43-,44-,45+,48?/m0/s1. The average molecular weight is 991 g/mol. The van der Waals surface area contributed by atoms with E-state index in [9.17, 15) is 44.0 Å². The summed E-state index contributed by atoms with van der Waals surface area (Å²) in [5, 5.41) is 40.8. The first-order valence-electron chi connectivity index (χ1n) is 23.7. The first-order chi connectivity index (χ1) is 32.0. The number of phosphoric acid groups is 2. The van der Waals surface area contributed by atoms with E-state index < -0.39 is 90.8 Å². The largest absolute Gasteiger partial charge is 0.472 e. The molecule has 0 aromatic heterocycles. The van der Waals surface area contributed by atoms with E-state index in [1.165, 1.54) is 19.3 Å². The van der Waals surface area contributed by atoms with Crippen LogP contribution in [0.1, 0.15) is 136 Å². The van der Waals surface area contributed by atoms with Crippen molar-refractivity contribution in [1.82, 2.24) is 0 Å². The Morgan fingerprint density at radius 3 is 1.84 bits per heavy atom. The lowest BCUT2D eigenvalue weighted by Crippen LogP contribution is -2.43. The van der Waals surface area contributed by atoms with Crippen LogP contribution in [0.4, 0.5) is 0 Å². The molecule has 1 aliphatic rings. The molecule has 1 fully saturated rings. The van der Waals surface area contributed by atoms with E-state index in [4.69, 9.17) is 28.5 Å². The van der Waals surface area contributed by atoms with Gasteiger partial charge in [-0.05, 0) is 70.6 Å². The summed E-state index contributed by atoms with van der Waals surface area (Å²) in [5.41, 5.74) is 0.